The van der Waals surface area contributed by atoms with Crippen molar-refractivity contribution in [1.29, 1.82) is 0 Å². The summed E-state index contributed by atoms with van der Waals surface area (Å²) in [7, 11) is 0. The van der Waals surface area contributed by atoms with Crippen molar-refractivity contribution in [3.63, 3.8) is 0 Å². The first-order chi connectivity index (χ1) is 7.51. The van der Waals surface area contributed by atoms with E-state index < -0.39 is 23.5 Å². The molecule has 0 unspecified atom stereocenters. The second kappa shape index (κ2) is 4.49. The van der Waals surface area contributed by atoms with Crippen molar-refractivity contribution < 1.29 is 26.3 Å². The number of benzene rings is 1. The van der Waals surface area contributed by atoms with Crippen molar-refractivity contribution in [1.82, 2.24) is 0 Å². The Morgan fingerprint density at radius 3 is 1.47 bits per heavy atom. The minimum atomic E-state index is -4.87. The van der Waals surface area contributed by atoms with Crippen LogP contribution in [0.5, 0.6) is 0 Å². The number of hydrogen-bond acceptors (Lipinski definition) is 1. The third-order valence-corrected chi connectivity index (χ3v) is 2.33. The summed E-state index contributed by atoms with van der Waals surface area (Å²) in [4.78, 5) is 0. The van der Waals surface area contributed by atoms with E-state index in [4.69, 9.17) is 0 Å². The Morgan fingerprint density at radius 1 is 0.882 bits per heavy atom. The topological polar surface area (TPSA) is 0 Å². The smallest absolute Gasteiger partial charge is 0.166 e. The fraction of sp³-hybridized carbons (Fsp3) is 0.222. The van der Waals surface area contributed by atoms with Crippen LogP contribution < -0.4 is 0 Å². The summed E-state index contributed by atoms with van der Waals surface area (Å²) in [6, 6.07) is 1.10. The van der Waals surface area contributed by atoms with Gasteiger partial charge in [0.05, 0.1) is 15.3 Å². The molecular formula is C9H4F6S2. The van der Waals surface area contributed by atoms with E-state index in [1.165, 1.54) is 0 Å². The van der Waals surface area contributed by atoms with Crippen LogP contribution >= 0.6 is 24.8 Å². The summed E-state index contributed by atoms with van der Waals surface area (Å²) >= 11 is 8.03. The summed E-state index contributed by atoms with van der Waals surface area (Å²) in [5.74, 6) is 0. The van der Waals surface area contributed by atoms with Crippen molar-refractivity contribution in [2.24, 2.45) is 0 Å². The van der Waals surface area contributed by atoms with E-state index in [1.807, 2.05) is 0 Å². The van der Waals surface area contributed by atoms with E-state index in [9.17, 15) is 26.3 Å². The maximum absolute atomic E-state index is 12.4. The molecule has 0 amide bonds. The first-order valence-electron chi connectivity index (χ1n) is 4.04. The molecule has 0 N–H and O–H groups in total. The van der Waals surface area contributed by atoms with E-state index in [1.54, 1.807) is 0 Å². The van der Waals surface area contributed by atoms with Crippen LogP contribution in [0.4, 0.5) is 26.3 Å². The van der Waals surface area contributed by atoms with Crippen LogP contribution in [0.25, 0.3) is 0 Å². The van der Waals surface area contributed by atoms with Gasteiger partial charge in [-0.25, -0.2) is 0 Å². The molecule has 0 atom stereocenters. The second-order valence-electron chi connectivity index (χ2n) is 3.10. The lowest BCUT2D eigenvalue weighted by Gasteiger charge is -2.13. The highest BCUT2D eigenvalue weighted by atomic mass is 32.1. The summed E-state index contributed by atoms with van der Waals surface area (Å²) in [5.41, 5.74) is -3.19. The van der Waals surface area contributed by atoms with Crippen LogP contribution in [-0.4, -0.2) is 4.20 Å². The summed E-state index contributed by atoms with van der Waals surface area (Å²) in [6.07, 6.45) is -9.73. The molecule has 0 aliphatic carbocycles. The molecule has 94 valence electrons. The predicted octanol–water partition coefficient (Wildman–Crippen LogP) is 4.33. The van der Waals surface area contributed by atoms with Crippen LogP contribution in [0.3, 0.4) is 0 Å². The zero-order chi connectivity index (χ0) is 13.4. The third kappa shape index (κ3) is 3.60. The molecule has 0 aromatic heterocycles. The molecule has 0 saturated heterocycles. The number of thiol groups is 1. The average molecular weight is 290 g/mol. The fourth-order valence-corrected chi connectivity index (χ4v) is 1.33. The normalized spacial score (nSPS) is 12.6. The van der Waals surface area contributed by atoms with Gasteiger partial charge in [-0.05, 0) is 23.8 Å². The van der Waals surface area contributed by atoms with Gasteiger partial charge in [0.1, 0.15) is 0 Å². The minimum absolute atomic E-state index is 0.0373. The molecule has 0 heterocycles. The summed E-state index contributed by atoms with van der Waals surface area (Å²) in [6.45, 7) is 0. The maximum Gasteiger partial charge on any atom is 0.416 e. The van der Waals surface area contributed by atoms with Gasteiger partial charge in [0.25, 0.3) is 0 Å². The van der Waals surface area contributed by atoms with Crippen molar-refractivity contribution in [3.8, 4) is 0 Å². The largest absolute Gasteiger partial charge is 0.416 e. The Morgan fingerprint density at radius 2 is 1.24 bits per heavy atom. The molecule has 1 aromatic rings. The Balaban J connectivity index is 3.45. The van der Waals surface area contributed by atoms with Gasteiger partial charge < -0.3 is 0 Å². The number of halogens is 6. The van der Waals surface area contributed by atoms with Crippen LogP contribution in [0.15, 0.2) is 18.2 Å². The molecule has 0 aliphatic heterocycles. The molecule has 1 rings (SSSR count). The monoisotopic (exact) mass is 290 g/mol. The predicted molar refractivity (Wildman–Crippen MR) is 57.1 cm³/mol. The average Bonchev–Trinajstić information content (AvgIpc) is 2.14. The van der Waals surface area contributed by atoms with Gasteiger partial charge in [-0.1, -0.05) is 12.2 Å². The maximum atomic E-state index is 12.4. The van der Waals surface area contributed by atoms with Gasteiger partial charge in [0, 0.05) is 0 Å². The van der Waals surface area contributed by atoms with Crippen molar-refractivity contribution >= 4 is 29.0 Å². The molecular weight excluding hydrogens is 286 g/mol. The number of alkyl halides is 6. The van der Waals surface area contributed by atoms with Gasteiger partial charge in [-0.2, -0.15) is 26.3 Å². The van der Waals surface area contributed by atoms with E-state index in [-0.39, 0.29) is 15.8 Å². The molecule has 8 heteroatoms. The lowest BCUT2D eigenvalue weighted by molar-refractivity contribution is -0.143. The highest BCUT2D eigenvalue weighted by Crippen LogP contribution is 2.36. The first kappa shape index (κ1) is 14.3. The zero-order valence-electron chi connectivity index (χ0n) is 7.86. The molecule has 0 aliphatic rings. The van der Waals surface area contributed by atoms with E-state index in [0.29, 0.717) is 12.1 Å². The Kier molecular flexibility index (Phi) is 3.78. The van der Waals surface area contributed by atoms with Gasteiger partial charge in [0.2, 0.25) is 0 Å². The second-order valence-corrected chi connectivity index (χ2v) is 4.26. The number of hydrogen-bond donors (Lipinski definition) is 1. The lowest BCUT2D eigenvalue weighted by Crippen LogP contribution is -2.12. The molecule has 0 nitrogen and oxygen atoms in total. The summed E-state index contributed by atoms with van der Waals surface area (Å²) < 4.78 is 73.9. The molecule has 0 saturated carbocycles. The number of thiocarbonyl (C=S) groups is 1. The van der Waals surface area contributed by atoms with E-state index in [0.717, 1.165) is 0 Å². The van der Waals surface area contributed by atoms with Crippen LogP contribution in [0, 0.1) is 0 Å². The van der Waals surface area contributed by atoms with E-state index >= 15 is 0 Å². The minimum Gasteiger partial charge on any atom is -0.166 e. The summed E-state index contributed by atoms with van der Waals surface area (Å²) in [5, 5.41) is 0. The standard InChI is InChI=1S/C9H4F6S2/c10-8(11,12)5-1-4(7(16)17)2-6(3-5)9(13,14)15/h1-3H,(H,16,17). The lowest BCUT2D eigenvalue weighted by atomic mass is 10.1. The van der Waals surface area contributed by atoms with Crippen LogP contribution in [0.1, 0.15) is 16.7 Å². The van der Waals surface area contributed by atoms with Gasteiger partial charge in [-0.15, -0.1) is 12.6 Å². The molecule has 0 fully saturated rings. The third-order valence-electron chi connectivity index (χ3n) is 1.83. The molecule has 17 heavy (non-hydrogen) atoms. The van der Waals surface area contributed by atoms with Crippen molar-refractivity contribution in [2.75, 3.05) is 0 Å². The van der Waals surface area contributed by atoms with Crippen LogP contribution in [-0.2, 0) is 12.4 Å². The Bertz CT molecular complexity index is 414. The highest BCUT2D eigenvalue weighted by molar-refractivity contribution is 8.11. The molecule has 0 bridgehead atoms. The SMILES string of the molecule is FC(F)(F)c1cc(C(=S)S)cc(C(F)(F)F)c1. The van der Waals surface area contributed by atoms with Gasteiger partial charge in [-0.3, -0.25) is 0 Å². The molecule has 1 aromatic carbocycles. The van der Waals surface area contributed by atoms with Gasteiger partial charge in [0.15, 0.2) is 0 Å². The molecule has 0 spiro atoms. The van der Waals surface area contributed by atoms with Gasteiger partial charge >= 0.3 is 12.4 Å². The van der Waals surface area contributed by atoms with Crippen molar-refractivity contribution in [2.45, 2.75) is 12.4 Å². The highest BCUT2D eigenvalue weighted by Gasteiger charge is 2.36. The molecule has 0 radical (unpaired) electrons. The Hall–Kier alpha value is -0.760. The Labute approximate surface area is 103 Å². The number of rotatable bonds is 1. The van der Waals surface area contributed by atoms with E-state index in [2.05, 4.69) is 24.8 Å². The van der Waals surface area contributed by atoms with Crippen LogP contribution in [0.2, 0.25) is 0 Å². The zero-order valence-corrected chi connectivity index (χ0v) is 9.57. The fourth-order valence-electron chi connectivity index (χ4n) is 1.08. The first-order valence-corrected chi connectivity index (χ1v) is 4.90. The van der Waals surface area contributed by atoms with Crippen molar-refractivity contribution in [3.05, 3.63) is 34.9 Å². The quantitative estimate of drug-likeness (QED) is 0.456.